The molecular weight excluding hydrogens is 699 g/mol. The molecule has 18 heteroatoms. The molecular formula is C32H24Cl2N6O10. The smallest absolute Gasteiger partial charge is 0.200 e. The van der Waals surface area contributed by atoms with Crippen LogP contribution in [0.25, 0.3) is 66.7 Å². The van der Waals surface area contributed by atoms with E-state index in [0.717, 1.165) is 44.0 Å². The Labute approximate surface area is 284 Å². The highest BCUT2D eigenvalue weighted by Gasteiger charge is 2.14. The molecule has 0 fully saturated rings. The van der Waals surface area contributed by atoms with E-state index in [4.69, 9.17) is 68.4 Å². The Morgan fingerprint density at radius 2 is 0.800 bits per heavy atom. The predicted octanol–water partition coefficient (Wildman–Crippen LogP) is -6.86. The summed E-state index contributed by atoms with van der Waals surface area (Å²) in [7, 11) is -9.89. The van der Waals surface area contributed by atoms with Crippen LogP contribution in [-0.4, -0.2) is 9.97 Å². The summed E-state index contributed by atoms with van der Waals surface area (Å²) >= 11 is 0. The summed E-state index contributed by atoms with van der Waals surface area (Å²) in [6.45, 7) is 0. The molecule has 2 aliphatic carbocycles. The van der Waals surface area contributed by atoms with Crippen molar-refractivity contribution in [1.29, 1.82) is 0 Å². The van der Waals surface area contributed by atoms with Crippen molar-refractivity contribution < 1.29 is 77.4 Å². The van der Waals surface area contributed by atoms with Crippen LogP contribution in [-0.2, 0) is 0 Å². The number of anilines is 2. The fraction of sp³-hybridized carbons (Fsp3) is 0. The third-order valence-electron chi connectivity index (χ3n) is 6.90. The van der Waals surface area contributed by atoms with Gasteiger partial charge >= 0.3 is 0 Å². The van der Waals surface area contributed by atoms with Crippen molar-refractivity contribution in [1.82, 2.24) is 9.97 Å². The number of hydrogen-bond acceptors (Lipinski definition) is 14. The summed E-state index contributed by atoms with van der Waals surface area (Å²) in [5.41, 5.74) is 18.0. The largest absolute Gasteiger partial charge is 0.452 e. The molecule has 256 valence electrons. The van der Waals surface area contributed by atoms with E-state index in [2.05, 4.69) is 9.97 Å². The van der Waals surface area contributed by atoms with E-state index in [-0.39, 0.29) is 0 Å². The second-order valence-electron chi connectivity index (χ2n) is 10.4. The van der Waals surface area contributed by atoms with Gasteiger partial charge in [0.05, 0.1) is 12.1 Å². The zero-order valence-corrected chi connectivity index (χ0v) is 26.8. The topological polar surface area (TPSA) is 340 Å². The molecule has 2 heterocycles. The second-order valence-corrected chi connectivity index (χ2v) is 11.9. The molecule has 0 amide bonds. The molecule has 4 aliphatic rings. The Morgan fingerprint density at radius 3 is 1.14 bits per heavy atom. The number of nitrogens with two attached hydrogens (primary N) is 4. The minimum absolute atomic E-state index is 0.649. The van der Waals surface area contributed by atoms with Crippen LogP contribution in [0.5, 0.6) is 0 Å². The first-order valence-electron chi connectivity index (χ1n) is 13.9. The van der Waals surface area contributed by atoms with Crippen molar-refractivity contribution in [2.75, 3.05) is 11.5 Å². The number of halogens is 2. The van der Waals surface area contributed by atoms with Gasteiger partial charge in [-0.2, -0.15) is 0 Å². The van der Waals surface area contributed by atoms with Crippen LogP contribution in [0.4, 0.5) is 11.4 Å². The molecule has 0 saturated heterocycles. The van der Waals surface area contributed by atoms with Gasteiger partial charge in [0.15, 0.2) is 22.7 Å². The zero-order valence-electron chi connectivity index (χ0n) is 25.3. The van der Waals surface area contributed by atoms with Crippen LogP contribution in [0.1, 0.15) is 0 Å². The van der Waals surface area contributed by atoms with E-state index in [1.807, 2.05) is 84.9 Å². The fourth-order valence-electron chi connectivity index (χ4n) is 5.00. The van der Waals surface area contributed by atoms with Gasteiger partial charge in [-0.3, -0.25) is 10.8 Å². The molecule has 2 aliphatic heterocycles. The summed E-state index contributed by atoms with van der Waals surface area (Å²) < 4.78 is 79.7. The van der Waals surface area contributed by atoms with Crippen LogP contribution < -0.4 is 70.3 Å². The van der Waals surface area contributed by atoms with E-state index >= 15 is 0 Å². The van der Waals surface area contributed by atoms with Crippen LogP contribution >= 0.6 is 0 Å². The molecule has 0 aromatic heterocycles. The van der Waals surface area contributed by atoms with Crippen LogP contribution in [0, 0.1) is 20.5 Å². The first-order chi connectivity index (χ1) is 23.4. The van der Waals surface area contributed by atoms with E-state index in [1.165, 1.54) is 0 Å². The van der Waals surface area contributed by atoms with E-state index in [9.17, 15) is 0 Å². The standard InChI is InChI=1S/2C16H11N3O.2ClHO4/c2*17-9-5-6-13-14(7-9)20-15-8-12(18)10-3-1-2-4-11(10)16(15)19-13;2*2-1(3,4)5/h2*1-8,17H,18H2;2*(H,2,3,4,5). The Bertz CT molecular complexity index is 2340. The van der Waals surface area contributed by atoms with Crippen LogP contribution in [0.2, 0.25) is 0 Å². The van der Waals surface area contributed by atoms with E-state index in [1.54, 1.807) is 12.1 Å². The average Bonchev–Trinajstić information content (AvgIpc) is 3.02. The van der Waals surface area contributed by atoms with Crippen molar-refractivity contribution in [3.05, 3.63) is 108 Å². The molecule has 0 spiro atoms. The van der Waals surface area contributed by atoms with Gasteiger partial charge in [0, 0.05) is 57.2 Å². The fourth-order valence-corrected chi connectivity index (χ4v) is 5.00. The molecule has 16 nitrogen and oxygen atoms in total. The third-order valence-corrected chi connectivity index (χ3v) is 6.90. The number of rotatable bonds is 0. The quantitative estimate of drug-likeness (QED) is 0.0642. The second kappa shape index (κ2) is 14.2. The SMILES string of the molecule is Nc1cc2oc3cc(=[NH2+])ccc-3nc2c2ccccc12.Nc1cc2oc3cc(=[NH2+])ccc-3nc2c2ccccc12.[O-][Cl+3]([O-])([O-])[O-].[O-][Cl+3]([O-])([O-])[O-]. The van der Waals surface area contributed by atoms with Gasteiger partial charge in [0.25, 0.3) is 0 Å². The van der Waals surface area contributed by atoms with E-state index < -0.39 is 20.5 Å². The first-order valence-corrected chi connectivity index (χ1v) is 16.4. The summed E-state index contributed by atoms with van der Waals surface area (Å²) in [6, 6.07) is 30.3. The predicted molar refractivity (Wildman–Crippen MR) is 155 cm³/mol. The maximum absolute atomic E-state index is 8.49. The van der Waals surface area contributed by atoms with Gasteiger partial charge in [-0.1, -0.05) is 48.5 Å². The molecule has 0 bridgehead atoms. The molecule has 0 radical (unpaired) electrons. The lowest BCUT2D eigenvalue weighted by Crippen LogP contribution is -2.68. The molecule has 8 N–H and O–H groups in total. The number of benzene rings is 6. The van der Waals surface area contributed by atoms with Crippen molar-refractivity contribution >= 4 is 55.1 Å². The normalized spacial score (nSPS) is 11.5. The van der Waals surface area contributed by atoms with Gasteiger partial charge in [-0.15, -0.1) is 20.5 Å². The number of nitrogen functional groups attached to an aromatic ring is 2. The monoisotopic (exact) mass is 722 g/mol. The molecule has 0 atom stereocenters. The Balaban J connectivity index is 0.000000154. The molecule has 50 heavy (non-hydrogen) atoms. The van der Waals surface area contributed by atoms with Gasteiger partial charge in [-0.25, -0.2) is 47.2 Å². The van der Waals surface area contributed by atoms with Crippen molar-refractivity contribution in [2.45, 2.75) is 0 Å². The Morgan fingerprint density at radius 1 is 0.480 bits per heavy atom. The number of nitrogens with zero attached hydrogens (tertiary/aromatic N) is 2. The summed E-state index contributed by atoms with van der Waals surface area (Å²) in [5, 5.41) is 16.8. The number of aromatic nitrogens is 2. The number of fused-ring (bicyclic) bond motifs is 8. The summed E-state index contributed by atoms with van der Waals surface area (Å²) in [4.78, 5) is 9.37. The van der Waals surface area contributed by atoms with Gasteiger partial charge in [0.2, 0.25) is 10.7 Å². The maximum Gasteiger partial charge on any atom is 0.200 e. The van der Waals surface area contributed by atoms with Gasteiger partial charge in [-0.05, 0) is 12.1 Å². The lowest BCUT2D eigenvalue weighted by Gasteiger charge is -2.17. The van der Waals surface area contributed by atoms with Crippen molar-refractivity contribution in [2.24, 2.45) is 0 Å². The van der Waals surface area contributed by atoms with E-state index in [0.29, 0.717) is 44.8 Å². The third kappa shape index (κ3) is 8.94. The highest BCUT2D eigenvalue weighted by molar-refractivity contribution is 6.10. The Kier molecular flexibility index (Phi) is 10.1. The number of hydrogen-bond donors (Lipinski definition) is 4. The summed E-state index contributed by atoms with van der Waals surface area (Å²) in [5.74, 6) is 1.32. The van der Waals surface area contributed by atoms with Crippen molar-refractivity contribution in [3.63, 3.8) is 0 Å². The molecule has 0 saturated carbocycles. The lowest BCUT2D eigenvalue weighted by atomic mass is 10.1. The highest BCUT2D eigenvalue weighted by Crippen LogP contribution is 2.33. The average molecular weight is 723 g/mol. The molecule has 0 unspecified atom stereocenters. The first kappa shape index (κ1) is 35.8. The van der Waals surface area contributed by atoms with Crippen LogP contribution in [0.3, 0.4) is 0 Å². The zero-order chi connectivity index (χ0) is 36.4. The molecule has 8 rings (SSSR count). The Hall–Kier alpha value is -5.50. The molecule has 4 aromatic carbocycles. The minimum Gasteiger partial charge on any atom is -0.452 e. The minimum atomic E-state index is -4.94. The van der Waals surface area contributed by atoms with Gasteiger partial charge < -0.3 is 20.3 Å². The molecule has 4 aromatic rings. The summed E-state index contributed by atoms with van der Waals surface area (Å²) in [6.07, 6.45) is 0. The maximum atomic E-state index is 8.49. The lowest BCUT2D eigenvalue weighted by molar-refractivity contribution is -2.00. The van der Waals surface area contributed by atoms with Gasteiger partial charge in [0.1, 0.15) is 22.4 Å². The van der Waals surface area contributed by atoms with Crippen LogP contribution in [0.15, 0.2) is 106 Å². The highest BCUT2D eigenvalue weighted by atomic mass is 35.7. The van der Waals surface area contributed by atoms with Crippen molar-refractivity contribution in [3.8, 4) is 22.9 Å².